The van der Waals surface area contributed by atoms with Crippen LogP contribution in [0.2, 0.25) is 0 Å². The summed E-state index contributed by atoms with van der Waals surface area (Å²) in [4.78, 5) is 27.1. The van der Waals surface area contributed by atoms with E-state index in [-0.39, 0.29) is 11.4 Å². The third-order valence-corrected chi connectivity index (χ3v) is 7.28. The molecule has 1 unspecified atom stereocenters. The second-order valence-corrected chi connectivity index (χ2v) is 9.14. The van der Waals surface area contributed by atoms with E-state index in [2.05, 4.69) is 0 Å². The predicted molar refractivity (Wildman–Crippen MR) is 104 cm³/mol. The molecule has 2 heterocycles. The van der Waals surface area contributed by atoms with Crippen molar-refractivity contribution in [2.24, 2.45) is 0 Å². The van der Waals surface area contributed by atoms with Crippen molar-refractivity contribution in [3.8, 4) is 0 Å². The Morgan fingerprint density at radius 3 is 2.45 bits per heavy atom. The molecule has 1 saturated heterocycles. The summed E-state index contributed by atoms with van der Waals surface area (Å²) in [6.45, 7) is 2.13. The lowest BCUT2D eigenvalue weighted by molar-refractivity contribution is -0.896. The maximum atomic E-state index is 13.1. The second-order valence-electron chi connectivity index (χ2n) is 7.20. The highest BCUT2D eigenvalue weighted by atomic mass is 32.2. The van der Waals surface area contributed by atoms with Crippen molar-refractivity contribution in [3.63, 3.8) is 0 Å². The highest BCUT2D eigenvalue weighted by Gasteiger charge is 2.38. The van der Waals surface area contributed by atoms with Crippen LogP contribution in [0.1, 0.15) is 16.8 Å². The summed E-state index contributed by atoms with van der Waals surface area (Å²) in [6, 6.07) is 11.7. The Bertz CT molecular complexity index is 1060. The number of nitrogens with zero attached hydrogens (tertiary/aromatic N) is 2. The molecule has 9 heteroatoms. The molecule has 2 aliphatic rings. The Labute approximate surface area is 168 Å². The zero-order valence-corrected chi connectivity index (χ0v) is 16.5. The molecule has 29 heavy (non-hydrogen) atoms. The minimum atomic E-state index is -3.70. The zero-order valence-electron chi connectivity index (χ0n) is 15.7. The number of amides is 1. The number of quaternary nitrogens is 1. The van der Waals surface area contributed by atoms with Gasteiger partial charge in [-0.25, -0.2) is 12.8 Å². The van der Waals surface area contributed by atoms with Gasteiger partial charge in [0.1, 0.15) is 5.82 Å². The zero-order chi connectivity index (χ0) is 20.6. The predicted octanol–water partition coefficient (Wildman–Crippen LogP) is 0.292. The summed E-state index contributed by atoms with van der Waals surface area (Å²) in [7, 11) is -3.70. The van der Waals surface area contributed by atoms with Crippen LogP contribution < -0.4 is 9.80 Å². The van der Waals surface area contributed by atoms with Crippen LogP contribution in [0.4, 0.5) is 10.1 Å². The van der Waals surface area contributed by atoms with E-state index in [1.807, 2.05) is 0 Å². The van der Waals surface area contributed by atoms with Gasteiger partial charge in [0, 0.05) is 13.0 Å². The quantitative estimate of drug-likeness (QED) is 0.724. The van der Waals surface area contributed by atoms with Gasteiger partial charge in [0.2, 0.25) is 10.0 Å². The van der Waals surface area contributed by atoms with Crippen LogP contribution in [0.3, 0.4) is 0 Å². The molecule has 0 saturated carbocycles. The summed E-state index contributed by atoms with van der Waals surface area (Å²) < 4.78 is 40.2. The summed E-state index contributed by atoms with van der Waals surface area (Å²) in [5.74, 6) is -1.53. The molecule has 7 nitrogen and oxygen atoms in total. The van der Waals surface area contributed by atoms with Crippen LogP contribution in [0.25, 0.3) is 0 Å². The standard InChI is InChI=1S/C20H20FN3O4S/c21-15-6-8-16(9-7-15)29(27,28)23-11-3-10-22(12-13-23)14-24-18-5-2-1-4-17(18)19(25)20(24)26/h1-2,4-9H,3,10-14H2/p+1. The van der Waals surface area contributed by atoms with Crippen LogP contribution in [0.15, 0.2) is 53.4 Å². The number of fused-ring (bicyclic) bond motifs is 1. The number of benzene rings is 2. The third-order valence-electron chi connectivity index (χ3n) is 5.36. The average Bonchev–Trinajstić information content (AvgIpc) is 2.88. The fourth-order valence-corrected chi connectivity index (χ4v) is 5.29. The average molecular weight is 418 g/mol. The molecule has 2 aliphatic heterocycles. The number of carbonyl (C=O) groups excluding carboxylic acids is 2. The molecule has 152 valence electrons. The van der Waals surface area contributed by atoms with E-state index in [0.29, 0.717) is 44.0 Å². The van der Waals surface area contributed by atoms with E-state index in [0.717, 1.165) is 17.0 Å². The van der Waals surface area contributed by atoms with Crippen molar-refractivity contribution in [3.05, 3.63) is 59.9 Å². The van der Waals surface area contributed by atoms with Gasteiger partial charge in [-0.05, 0) is 36.4 Å². The van der Waals surface area contributed by atoms with Gasteiger partial charge < -0.3 is 4.90 Å². The minimum Gasteiger partial charge on any atom is -0.316 e. The molecule has 0 bridgehead atoms. The van der Waals surface area contributed by atoms with E-state index >= 15 is 0 Å². The Morgan fingerprint density at radius 1 is 0.966 bits per heavy atom. The van der Waals surface area contributed by atoms with E-state index in [1.54, 1.807) is 24.3 Å². The van der Waals surface area contributed by atoms with Crippen LogP contribution >= 0.6 is 0 Å². The number of hydrogen-bond acceptors (Lipinski definition) is 4. The first-order chi connectivity index (χ1) is 13.9. The Kier molecular flexibility index (Phi) is 5.20. The van der Waals surface area contributed by atoms with Crippen LogP contribution in [-0.4, -0.2) is 57.3 Å². The van der Waals surface area contributed by atoms with Gasteiger partial charge in [-0.1, -0.05) is 12.1 Å². The Morgan fingerprint density at radius 2 is 1.69 bits per heavy atom. The van der Waals surface area contributed by atoms with Crippen molar-refractivity contribution in [2.45, 2.75) is 11.3 Å². The van der Waals surface area contributed by atoms with E-state index in [4.69, 9.17) is 0 Å². The van der Waals surface area contributed by atoms with Gasteiger partial charge in [0.15, 0.2) is 6.67 Å². The fourth-order valence-electron chi connectivity index (χ4n) is 3.81. The van der Waals surface area contributed by atoms with E-state index < -0.39 is 27.5 Å². The first kappa shape index (κ1) is 19.7. The number of anilines is 1. The van der Waals surface area contributed by atoms with E-state index in [1.165, 1.54) is 21.3 Å². The number of ketones is 1. The molecule has 1 atom stereocenters. The van der Waals surface area contributed by atoms with Crippen molar-refractivity contribution >= 4 is 27.4 Å². The maximum Gasteiger partial charge on any atom is 0.303 e. The van der Waals surface area contributed by atoms with Gasteiger partial charge in [-0.2, -0.15) is 4.31 Å². The fraction of sp³-hybridized carbons (Fsp3) is 0.300. The number of hydrogen-bond donors (Lipinski definition) is 1. The number of Topliss-reactive ketones (excluding diaryl/α,β-unsaturated/α-hetero) is 1. The van der Waals surface area contributed by atoms with Crippen LogP contribution in [-0.2, 0) is 14.8 Å². The normalized spacial score (nSPS) is 20.6. The molecule has 0 aromatic heterocycles. The highest BCUT2D eigenvalue weighted by molar-refractivity contribution is 7.89. The van der Waals surface area contributed by atoms with Crippen molar-refractivity contribution in [2.75, 3.05) is 37.7 Å². The molecule has 0 radical (unpaired) electrons. The number of nitrogens with one attached hydrogen (secondary N) is 1. The smallest absolute Gasteiger partial charge is 0.303 e. The molecule has 1 amide bonds. The largest absolute Gasteiger partial charge is 0.316 e. The van der Waals surface area contributed by atoms with Crippen LogP contribution in [0.5, 0.6) is 0 Å². The number of para-hydroxylation sites is 1. The number of rotatable bonds is 4. The topological polar surface area (TPSA) is 79.2 Å². The van der Waals surface area contributed by atoms with Crippen molar-refractivity contribution in [1.82, 2.24) is 4.31 Å². The SMILES string of the molecule is O=C1C(=O)N(C[NH+]2CCCN(S(=O)(=O)c3ccc(F)cc3)CC2)c2ccccc21. The molecule has 2 aromatic rings. The molecule has 2 aromatic carbocycles. The number of carbonyl (C=O) groups is 2. The molecule has 0 aliphatic carbocycles. The van der Waals surface area contributed by atoms with Crippen molar-refractivity contribution < 1.29 is 27.3 Å². The van der Waals surface area contributed by atoms with Gasteiger partial charge in [-0.15, -0.1) is 0 Å². The van der Waals surface area contributed by atoms with Gasteiger partial charge in [0.05, 0.1) is 35.8 Å². The van der Waals surface area contributed by atoms with Gasteiger partial charge in [-0.3, -0.25) is 14.5 Å². The molecule has 1 fully saturated rings. The van der Waals surface area contributed by atoms with Crippen molar-refractivity contribution in [1.29, 1.82) is 0 Å². The third kappa shape index (κ3) is 3.68. The summed E-state index contributed by atoms with van der Waals surface area (Å²) in [6.07, 6.45) is 0.618. The molecular formula is C20H21FN3O4S+. The second kappa shape index (κ2) is 7.66. The lowest BCUT2D eigenvalue weighted by Gasteiger charge is -2.24. The van der Waals surface area contributed by atoms with Gasteiger partial charge >= 0.3 is 5.91 Å². The first-order valence-corrected chi connectivity index (χ1v) is 10.9. The summed E-state index contributed by atoms with van der Waals surface area (Å²) in [5.41, 5.74) is 1.02. The number of sulfonamides is 1. The van der Waals surface area contributed by atoms with E-state index in [9.17, 15) is 22.4 Å². The lowest BCUT2D eigenvalue weighted by Crippen LogP contribution is -3.14. The number of halogens is 1. The Hall–Kier alpha value is -2.62. The van der Waals surface area contributed by atoms with Gasteiger partial charge in [0.25, 0.3) is 5.78 Å². The molecular weight excluding hydrogens is 397 g/mol. The Balaban J connectivity index is 1.47. The first-order valence-electron chi connectivity index (χ1n) is 9.42. The van der Waals surface area contributed by atoms with Crippen LogP contribution in [0, 0.1) is 5.82 Å². The summed E-state index contributed by atoms with van der Waals surface area (Å²) >= 11 is 0. The molecule has 1 N–H and O–H groups in total. The maximum absolute atomic E-state index is 13.1. The summed E-state index contributed by atoms with van der Waals surface area (Å²) in [5, 5.41) is 0. The highest BCUT2D eigenvalue weighted by Crippen LogP contribution is 2.27. The molecule has 4 rings (SSSR count). The lowest BCUT2D eigenvalue weighted by atomic mass is 10.1. The monoisotopic (exact) mass is 418 g/mol. The molecule has 0 spiro atoms. The minimum absolute atomic E-state index is 0.0663.